The molecule has 0 saturated heterocycles. The molecule has 3 aromatic rings. The SMILES string of the molecule is NC(=O)C(CNc1cnn(-c2ccc(F)cc2F)c(=O)c1Cl)Cc1ccc(F)cc1. The first kappa shape index (κ1) is 21.4. The van der Waals surface area contributed by atoms with Crippen LogP contribution in [0, 0.1) is 23.4 Å². The van der Waals surface area contributed by atoms with Crippen molar-refractivity contribution in [2.24, 2.45) is 11.7 Å². The molecule has 0 bridgehead atoms. The number of primary amides is 1. The first-order valence-electron chi connectivity index (χ1n) is 8.77. The molecule has 0 spiro atoms. The number of carbonyl (C=O) groups is 1. The summed E-state index contributed by atoms with van der Waals surface area (Å²) in [4.78, 5) is 24.2. The van der Waals surface area contributed by atoms with Crippen molar-refractivity contribution in [2.75, 3.05) is 11.9 Å². The number of nitrogens with zero attached hydrogens (tertiary/aromatic N) is 2. The standard InChI is InChI=1S/C20H16ClF3N4O2/c21-18-16(10-27-28(20(18)30)17-6-5-14(23)8-15(17)24)26-9-12(19(25)29)7-11-1-3-13(22)4-2-11/h1-6,8,10,12,26H,7,9H2,(H2,25,29). The Labute approximate surface area is 174 Å². The summed E-state index contributed by atoms with van der Waals surface area (Å²) < 4.78 is 40.8. The van der Waals surface area contributed by atoms with E-state index in [-0.39, 0.29) is 29.4 Å². The van der Waals surface area contributed by atoms with Crippen molar-refractivity contribution < 1.29 is 18.0 Å². The first-order chi connectivity index (χ1) is 14.3. The molecular weight excluding hydrogens is 421 g/mol. The van der Waals surface area contributed by atoms with Gasteiger partial charge in [-0.05, 0) is 36.2 Å². The smallest absolute Gasteiger partial charge is 0.292 e. The molecule has 3 N–H and O–H groups in total. The number of nitrogens with one attached hydrogen (secondary N) is 1. The lowest BCUT2D eigenvalue weighted by Crippen LogP contribution is -2.32. The molecule has 0 radical (unpaired) electrons. The van der Waals surface area contributed by atoms with Crippen molar-refractivity contribution in [1.82, 2.24) is 9.78 Å². The van der Waals surface area contributed by atoms with Crippen molar-refractivity contribution in [3.8, 4) is 5.69 Å². The average Bonchev–Trinajstić information content (AvgIpc) is 2.70. The van der Waals surface area contributed by atoms with Gasteiger partial charge in [0, 0.05) is 12.6 Å². The molecule has 0 saturated carbocycles. The monoisotopic (exact) mass is 436 g/mol. The Morgan fingerprint density at radius 1 is 1.13 bits per heavy atom. The minimum atomic E-state index is -0.977. The maximum Gasteiger partial charge on any atom is 0.292 e. The highest BCUT2D eigenvalue weighted by atomic mass is 35.5. The molecule has 6 nitrogen and oxygen atoms in total. The summed E-state index contributed by atoms with van der Waals surface area (Å²) in [6.45, 7) is 0.0302. The molecule has 0 fully saturated rings. The summed E-state index contributed by atoms with van der Waals surface area (Å²) in [6, 6.07) is 8.30. The molecule has 1 amide bonds. The van der Waals surface area contributed by atoms with E-state index < -0.39 is 34.8 Å². The number of halogens is 4. The summed E-state index contributed by atoms with van der Waals surface area (Å²) in [6.07, 6.45) is 1.42. The second kappa shape index (κ2) is 9.00. The third-order valence-corrected chi connectivity index (χ3v) is 4.76. The maximum atomic E-state index is 13.9. The fourth-order valence-electron chi connectivity index (χ4n) is 2.79. The lowest BCUT2D eigenvalue weighted by Gasteiger charge is -2.16. The van der Waals surface area contributed by atoms with Crippen LogP contribution in [0.15, 0.2) is 53.5 Å². The predicted molar refractivity (Wildman–Crippen MR) is 106 cm³/mol. The third-order valence-electron chi connectivity index (χ3n) is 4.39. The zero-order chi connectivity index (χ0) is 21.8. The number of hydrogen-bond donors (Lipinski definition) is 2. The number of benzene rings is 2. The zero-order valence-electron chi connectivity index (χ0n) is 15.4. The van der Waals surface area contributed by atoms with Gasteiger partial charge in [0.2, 0.25) is 5.91 Å². The highest BCUT2D eigenvalue weighted by Crippen LogP contribution is 2.19. The molecule has 1 heterocycles. The van der Waals surface area contributed by atoms with Gasteiger partial charge in [0.05, 0.1) is 17.8 Å². The van der Waals surface area contributed by atoms with Gasteiger partial charge in [-0.3, -0.25) is 9.59 Å². The van der Waals surface area contributed by atoms with Gasteiger partial charge in [0.25, 0.3) is 5.56 Å². The molecule has 2 aromatic carbocycles. The Balaban J connectivity index is 1.79. The molecule has 0 aliphatic rings. The predicted octanol–water partition coefficient (Wildman–Crippen LogP) is 3.06. The molecule has 0 aliphatic heterocycles. The number of aromatic nitrogens is 2. The lowest BCUT2D eigenvalue weighted by atomic mass is 9.98. The van der Waals surface area contributed by atoms with Crippen LogP contribution in [0.4, 0.5) is 18.9 Å². The average molecular weight is 437 g/mol. The second-order valence-corrected chi connectivity index (χ2v) is 6.87. The van der Waals surface area contributed by atoms with Gasteiger partial charge in [0.15, 0.2) is 5.82 Å². The highest BCUT2D eigenvalue weighted by molar-refractivity contribution is 6.32. The fraction of sp³-hybridized carbons (Fsp3) is 0.150. The summed E-state index contributed by atoms with van der Waals surface area (Å²) in [5.74, 6) is -3.45. The van der Waals surface area contributed by atoms with Gasteiger partial charge in [-0.1, -0.05) is 23.7 Å². The van der Waals surface area contributed by atoms with Gasteiger partial charge < -0.3 is 11.1 Å². The number of hydrogen-bond acceptors (Lipinski definition) is 4. The summed E-state index contributed by atoms with van der Waals surface area (Å²) in [7, 11) is 0. The minimum absolute atomic E-state index is 0.0302. The largest absolute Gasteiger partial charge is 0.382 e. The van der Waals surface area contributed by atoms with E-state index in [1.165, 1.54) is 30.5 Å². The van der Waals surface area contributed by atoms with Gasteiger partial charge in [0.1, 0.15) is 22.3 Å². The summed E-state index contributed by atoms with van der Waals surface area (Å²) in [5.41, 5.74) is 5.16. The van der Waals surface area contributed by atoms with Gasteiger partial charge in [-0.2, -0.15) is 9.78 Å². The molecule has 1 aromatic heterocycles. The van der Waals surface area contributed by atoms with Crippen molar-refractivity contribution in [2.45, 2.75) is 6.42 Å². The summed E-state index contributed by atoms with van der Waals surface area (Å²) >= 11 is 6.08. The number of amides is 1. The van der Waals surface area contributed by atoms with Crippen molar-refractivity contribution in [1.29, 1.82) is 0 Å². The van der Waals surface area contributed by atoms with Crippen LogP contribution in [0.1, 0.15) is 5.56 Å². The van der Waals surface area contributed by atoms with Crippen molar-refractivity contribution >= 4 is 23.2 Å². The normalized spacial score (nSPS) is 11.9. The van der Waals surface area contributed by atoms with Crippen LogP contribution in [-0.2, 0) is 11.2 Å². The van der Waals surface area contributed by atoms with E-state index in [4.69, 9.17) is 17.3 Å². The van der Waals surface area contributed by atoms with E-state index >= 15 is 0 Å². The first-order valence-corrected chi connectivity index (χ1v) is 9.15. The van der Waals surface area contributed by atoms with E-state index in [0.29, 0.717) is 16.3 Å². The topological polar surface area (TPSA) is 90.0 Å². The van der Waals surface area contributed by atoms with Crippen LogP contribution in [0.25, 0.3) is 5.69 Å². The highest BCUT2D eigenvalue weighted by Gasteiger charge is 2.19. The number of nitrogens with two attached hydrogens (primary N) is 1. The molecule has 30 heavy (non-hydrogen) atoms. The van der Waals surface area contributed by atoms with Gasteiger partial charge in [-0.25, -0.2) is 13.2 Å². The van der Waals surface area contributed by atoms with E-state index in [1.54, 1.807) is 0 Å². The molecule has 1 unspecified atom stereocenters. The zero-order valence-corrected chi connectivity index (χ0v) is 16.2. The fourth-order valence-corrected chi connectivity index (χ4v) is 2.99. The Bertz CT molecular complexity index is 1140. The molecular formula is C20H16ClF3N4O2. The van der Waals surface area contributed by atoms with Crippen LogP contribution in [0.3, 0.4) is 0 Å². The van der Waals surface area contributed by atoms with Crippen molar-refractivity contribution in [3.05, 3.63) is 87.1 Å². The minimum Gasteiger partial charge on any atom is -0.382 e. The van der Waals surface area contributed by atoms with E-state index in [9.17, 15) is 22.8 Å². The molecule has 3 rings (SSSR count). The maximum absolute atomic E-state index is 13.9. The Hall–Kier alpha value is -3.33. The van der Waals surface area contributed by atoms with Crippen LogP contribution in [-0.4, -0.2) is 22.2 Å². The van der Waals surface area contributed by atoms with Gasteiger partial charge >= 0.3 is 0 Å². The Morgan fingerprint density at radius 2 is 1.80 bits per heavy atom. The quantitative estimate of drug-likeness (QED) is 0.595. The molecule has 156 valence electrons. The van der Waals surface area contributed by atoms with E-state index in [1.807, 2.05) is 0 Å². The number of carbonyl (C=O) groups excluding carboxylic acids is 1. The van der Waals surface area contributed by atoms with Crippen molar-refractivity contribution in [3.63, 3.8) is 0 Å². The van der Waals surface area contributed by atoms with E-state index in [2.05, 4.69) is 10.4 Å². The summed E-state index contributed by atoms with van der Waals surface area (Å²) in [5, 5.41) is 6.39. The Kier molecular flexibility index (Phi) is 6.41. The van der Waals surface area contributed by atoms with Gasteiger partial charge in [-0.15, -0.1) is 0 Å². The van der Waals surface area contributed by atoms with Crippen LogP contribution >= 0.6 is 11.6 Å². The molecule has 10 heteroatoms. The molecule has 0 aliphatic carbocycles. The lowest BCUT2D eigenvalue weighted by molar-refractivity contribution is -0.121. The number of rotatable bonds is 7. The number of anilines is 1. The third kappa shape index (κ3) is 4.80. The molecule has 1 atom stereocenters. The van der Waals surface area contributed by atoms with E-state index in [0.717, 1.165) is 12.1 Å². The van der Waals surface area contributed by atoms with Crippen LogP contribution < -0.4 is 16.6 Å². The van der Waals surface area contributed by atoms with Crippen LogP contribution in [0.2, 0.25) is 5.02 Å². The second-order valence-electron chi connectivity index (χ2n) is 6.50. The van der Waals surface area contributed by atoms with Crippen LogP contribution in [0.5, 0.6) is 0 Å². The Morgan fingerprint density at radius 3 is 2.43 bits per heavy atom.